The van der Waals surface area contributed by atoms with Gasteiger partial charge in [0.25, 0.3) is 0 Å². The molecule has 3 nitrogen and oxygen atoms in total. The fourth-order valence-corrected chi connectivity index (χ4v) is 1.73. The second-order valence-electron chi connectivity index (χ2n) is 5.59. The van der Waals surface area contributed by atoms with E-state index in [0.717, 1.165) is 6.42 Å². The van der Waals surface area contributed by atoms with Crippen LogP contribution < -0.4 is 11.1 Å². The molecule has 1 aromatic rings. The van der Waals surface area contributed by atoms with E-state index in [1.54, 1.807) is 0 Å². The lowest BCUT2D eigenvalue weighted by Gasteiger charge is -2.19. The van der Waals surface area contributed by atoms with Crippen LogP contribution in [0, 0.1) is 0 Å². The maximum atomic E-state index is 11.4. The Morgan fingerprint density at radius 2 is 1.83 bits per heavy atom. The van der Waals surface area contributed by atoms with Crippen LogP contribution in [0.2, 0.25) is 0 Å². The van der Waals surface area contributed by atoms with Gasteiger partial charge in [-0.3, -0.25) is 4.79 Å². The van der Waals surface area contributed by atoms with Crippen LogP contribution >= 0.6 is 0 Å². The Morgan fingerprint density at radius 3 is 2.33 bits per heavy atom. The smallest absolute Gasteiger partial charge is 0.220 e. The van der Waals surface area contributed by atoms with Crippen molar-refractivity contribution in [1.29, 1.82) is 0 Å². The molecule has 0 heterocycles. The van der Waals surface area contributed by atoms with Gasteiger partial charge in [0.2, 0.25) is 5.91 Å². The molecule has 1 rings (SSSR count). The first-order valence-electron chi connectivity index (χ1n) is 6.49. The summed E-state index contributed by atoms with van der Waals surface area (Å²) >= 11 is 0. The number of amides is 1. The molecule has 0 spiro atoms. The third-order valence-corrected chi connectivity index (χ3v) is 2.93. The van der Waals surface area contributed by atoms with E-state index in [4.69, 9.17) is 5.73 Å². The van der Waals surface area contributed by atoms with Gasteiger partial charge in [0, 0.05) is 19.5 Å². The quantitative estimate of drug-likeness (QED) is 0.837. The minimum absolute atomic E-state index is 0.0698. The summed E-state index contributed by atoms with van der Waals surface area (Å²) in [4.78, 5) is 11.4. The van der Waals surface area contributed by atoms with Crippen LogP contribution in [0.15, 0.2) is 24.3 Å². The zero-order valence-corrected chi connectivity index (χ0v) is 11.6. The van der Waals surface area contributed by atoms with Crippen LogP contribution in [0.1, 0.15) is 38.3 Å². The average Bonchev–Trinajstić information content (AvgIpc) is 2.33. The predicted octanol–water partition coefficient (Wildman–Crippen LogP) is 1.99. The number of nitrogens with one attached hydrogen (secondary N) is 1. The van der Waals surface area contributed by atoms with Gasteiger partial charge in [0.15, 0.2) is 0 Å². The maximum absolute atomic E-state index is 11.4. The number of hydrogen-bond acceptors (Lipinski definition) is 2. The first-order chi connectivity index (χ1) is 8.43. The fraction of sp³-hybridized carbons (Fsp3) is 0.533. The highest BCUT2D eigenvalue weighted by Gasteiger charge is 2.12. The summed E-state index contributed by atoms with van der Waals surface area (Å²) < 4.78 is 0. The zero-order chi connectivity index (χ0) is 13.6. The summed E-state index contributed by atoms with van der Waals surface area (Å²) in [7, 11) is 0. The van der Waals surface area contributed by atoms with Crippen molar-refractivity contribution in [3.05, 3.63) is 35.4 Å². The monoisotopic (exact) mass is 248 g/mol. The highest BCUT2D eigenvalue weighted by Crippen LogP contribution is 2.22. The summed E-state index contributed by atoms with van der Waals surface area (Å²) in [6.07, 6.45) is 1.30. The Bertz CT molecular complexity index is 376. The summed E-state index contributed by atoms with van der Waals surface area (Å²) in [5.41, 5.74) is 8.02. The topological polar surface area (TPSA) is 55.1 Å². The number of hydrogen-bond donors (Lipinski definition) is 2. The van der Waals surface area contributed by atoms with Crippen LogP contribution in [-0.2, 0) is 16.6 Å². The Balaban J connectivity index is 2.47. The van der Waals surface area contributed by atoms with Gasteiger partial charge >= 0.3 is 0 Å². The number of carbonyl (C=O) groups excluding carboxylic acids is 1. The average molecular weight is 248 g/mol. The van der Waals surface area contributed by atoms with Crippen molar-refractivity contribution in [3.63, 3.8) is 0 Å². The number of carbonyl (C=O) groups is 1. The van der Waals surface area contributed by atoms with Crippen LogP contribution in [-0.4, -0.2) is 19.0 Å². The highest BCUT2D eigenvalue weighted by molar-refractivity contribution is 5.76. The fourth-order valence-electron chi connectivity index (χ4n) is 1.73. The van der Waals surface area contributed by atoms with Crippen LogP contribution in [0.25, 0.3) is 0 Å². The van der Waals surface area contributed by atoms with Crippen LogP contribution in [0.4, 0.5) is 0 Å². The molecule has 1 amide bonds. The number of aryl methyl sites for hydroxylation is 1. The lowest BCUT2D eigenvalue weighted by Crippen LogP contribution is -2.29. The lowest BCUT2D eigenvalue weighted by atomic mass is 9.86. The van der Waals surface area contributed by atoms with Crippen molar-refractivity contribution in [1.82, 2.24) is 5.32 Å². The van der Waals surface area contributed by atoms with Gasteiger partial charge in [0.1, 0.15) is 0 Å². The molecule has 0 aliphatic rings. The Morgan fingerprint density at radius 1 is 1.22 bits per heavy atom. The third kappa shape index (κ3) is 4.88. The van der Waals surface area contributed by atoms with Crippen LogP contribution in [0.5, 0.6) is 0 Å². The summed E-state index contributed by atoms with van der Waals surface area (Å²) in [5, 5.41) is 2.77. The highest BCUT2D eigenvalue weighted by atomic mass is 16.1. The molecule has 18 heavy (non-hydrogen) atoms. The van der Waals surface area contributed by atoms with E-state index in [2.05, 4.69) is 50.4 Å². The standard InChI is InChI=1S/C15H24N2O/c1-15(2,3)13-7-4-12(5-8-13)6-9-14(18)17-11-10-16/h4-5,7-8H,6,9-11,16H2,1-3H3,(H,17,18). The van der Waals surface area contributed by atoms with E-state index in [1.165, 1.54) is 11.1 Å². The zero-order valence-electron chi connectivity index (χ0n) is 11.6. The first kappa shape index (κ1) is 14.7. The van der Waals surface area contributed by atoms with Crippen molar-refractivity contribution in [2.45, 2.75) is 39.0 Å². The number of benzene rings is 1. The second kappa shape index (κ2) is 6.55. The molecule has 0 bridgehead atoms. The molecule has 0 aliphatic heterocycles. The first-order valence-corrected chi connectivity index (χ1v) is 6.49. The van der Waals surface area contributed by atoms with Crippen LogP contribution in [0.3, 0.4) is 0 Å². The third-order valence-electron chi connectivity index (χ3n) is 2.93. The summed E-state index contributed by atoms with van der Waals surface area (Å²) in [6, 6.07) is 8.51. The van der Waals surface area contributed by atoms with Gasteiger partial charge in [-0.1, -0.05) is 45.0 Å². The molecule has 0 aliphatic carbocycles. The molecule has 0 unspecified atom stereocenters. The minimum atomic E-state index is 0.0698. The van der Waals surface area contributed by atoms with Crippen molar-refractivity contribution in [2.24, 2.45) is 5.73 Å². The normalized spacial score (nSPS) is 11.3. The van der Waals surface area contributed by atoms with E-state index in [1.807, 2.05) is 0 Å². The second-order valence-corrected chi connectivity index (χ2v) is 5.59. The molecule has 0 aromatic heterocycles. The molecule has 1 aromatic carbocycles. The van der Waals surface area contributed by atoms with Gasteiger partial charge in [-0.2, -0.15) is 0 Å². The largest absolute Gasteiger partial charge is 0.355 e. The van der Waals surface area contributed by atoms with E-state index in [9.17, 15) is 4.79 Å². The van der Waals surface area contributed by atoms with Gasteiger partial charge in [-0.05, 0) is 23.0 Å². The lowest BCUT2D eigenvalue weighted by molar-refractivity contribution is -0.120. The minimum Gasteiger partial charge on any atom is -0.355 e. The van der Waals surface area contributed by atoms with Crippen molar-refractivity contribution in [3.8, 4) is 0 Å². The van der Waals surface area contributed by atoms with E-state index < -0.39 is 0 Å². The van der Waals surface area contributed by atoms with Gasteiger partial charge < -0.3 is 11.1 Å². The van der Waals surface area contributed by atoms with Gasteiger partial charge in [0.05, 0.1) is 0 Å². The predicted molar refractivity (Wildman–Crippen MR) is 75.5 cm³/mol. The van der Waals surface area contributed by atoms with Gasteiger partial charge in [-0.25, -0.2) is 0 Å². The van der Waals surface area contributed by atoms with E-state index >= 15 is 0 Å². The van der Waals surface area contributed by atoms with Crippen molar-refractivity contribution < 1.29 is 4.79 Å². The van der Waals surface area contributed by atoms with Crippen molar-refractivity contribution >= 4 is 5.91 Å². The Kier molecular flexibility index (Phi) is 5.35. The molecule has 3 N–H and O–H groups in total. The Labute approximate surface area is 110 Å². The molecule has 0 fully saturated rings. The van der Waals surface area contributed by atoms with Gasteiger partial charge in [-0.15, -0.1) is 0 Å². The molecular weight excluding hydrogens is 224 g/mol. The maximum Gasteiger partial charge on any atom is 0.220 e. The molecule has 3 heteroatoms. The van der Waals surface area contributed by atoms with E-state index in [-0.39, 0.29) is 11.3 Å². The van der Waals surface area contributed by atoms with E-state index in [0.29, 0.717) is 19.5 Å². The van der Waals surface area contributed by atoms with Crippen molar-refractivity contribution in [2.75, 3.05) is 13.1 Å². The Hall–Kier alpha value is -1.35. The molecule has 0 radical (unpaired) electrons. The SMILES string of the molecule is CC(C)(C)c1ccc(CCC(=O)NCCN)cc1. The number of nitrogens with two attached hydrogens (primary N) is 1. The summed E-state index contributed by atoms with van der Waals surface area (Å²) in [6.45, 7) is 7.64. The molecular formula is C15H24N2O. The summed E-state index contributed by atoms with van der Waals surface area (Å²) in [5.74, 6) is 0.0698. The molecule has 100 valence electrons. The molecule has 0 saturated carbocycles. The molecule has 0 atom stereocenters. The molecule has 0 saturated heterocycles. The number of rotatable bonds is 5.